The summed E-state index contributed by atoms with van der Waals surface area (Å²) in [7, 11) is 1.65. The average Bonchev–Trinajstić information content (AvgIpc) is 2.99. The lowest BCUT2D eigenvalue weighted by Gasteiger charge is -2.22. The number of para-hydroxylation sites is 1. The molecule has 5 aromatic rings. The van der Waals surface area contributed by atoms with Crippen LogP contribution >= 0.6 is 0 Å². The zero-order chi connectivity index (χ0) is 27.5. The topological polar surface area (TPSA) is 77.5 Å². The smallest absolute Gasteiger partial charge is 0.339 e. The highest BCUT2D eigenvalue weighted by Crippen LogP contribution is 2.36. The SMILES string of the molecule is COc1ccc(/C=C2/CCCc3c2nc2ccccc2c3C(=O)OCC(=O)Nc2cccc3ccccc23)cc1. The molecule has 0 aliphatic heterocycles. The predicted octanol–water partition coefficient (Wildman–Crippen LogP) is 7.07. The van der Waals surface area contributed by atoms with Gasteiger partial charge in [0.2, 0.25) is 0 Å². The molecule has 0 bridgehead atoms. The molecule has 0 saturated heterocycles. The fraction of sp³-hybridized carbons (Fsp3) is 0.147. The van der Waals surface area contributed by atoms with E-state index in [-0.39, 0.29) is 6.61 Å². The van der Waals surface area contributed by atoms with Crippen molar-refractivity contribution in [3.05, 3.63) is 113 Å². The van der Waals surface area contributed by atoms with E-state index in [4.69, 9.17) is 14.5 Å². The first-order valence-electron chi connectivity index (χ1n) is 13.3. The van der Waals surface area contributed by atoms with E-state index >= 15 is 0 Å². The molecule has 0 radical (unpaired) electrons. The number of ether oxygens (including phenoxy) is 2. The van der Waals surface area contributed by atoms with E-state index in [0.29, 0.717) is 17.7 Å². The van der Waals surface area contributed by atoms with Crippen LogP contribution in [-0.2, 0) is 16.0 Å². The highest BCUT2D eigenvalue weighted by Gasteiger charge is 2.26. The van der Waals surface area contributed by atoms with Crippen molar-refractivity contribution in [3.8, 4) is 5.75 Å². The Morgan fingerprint density at radius 3 is 2.45 bits per heavy atom. The second-order valence-corrected chi connectivity index (χ2v) is 9.78. The Balaban J connectivity index is 1.29. The molecule has 1 aliphatic rings. The third kappa shape index (κ3) is 5.04. The van der Waals surface area contributed by atoms with Gasteiger partial charge in [0, 0.05) is 16.5 Å². The van der Waals surface area contributed by atoms with E-state index in [1.54, 1.807) is 7.11 Å². The minimum absolute atomic E-state index is 0.387. The van der Waals surface area contributed by atoms with Gasteiger partial charge in [-0.25, -0.2) is 9.78 Å². The summed E-state index contributed by atoms with van der Waals surface area (Å²) in [5.74, 6) is -0.115. The average molecular weight is 529 g/mol. The molecule has 1 N–H and O–H groups in total. The number of methoxy groups -OCH3 is 1. The number of pyridine rings is 1. The van der Waals surface area contributed by atoms with Gasteiger partial charge in [-0.05, 0) is 71.7 Å². The second kappa shape index (κ2) is 11.0. The molecule has 1 aromatic heterocycles. The molecule has 1 aliphatic carbocycles. The van der Waals surface area contributed by atoms with Gasteiger partial charge in [-0.2, -0.15) is 0 Å². The quantitative estimate of drug-likeness (QED) is 0.239. The number of benzene rings is 4. The molecule has 6 nitrogen and oxygen atoms in total. The van der Waals surface area contributed by atoms with E-state index in [0.717, 1.165) is 62.7 Å². The van der Waals surface area contributed by atoms with Crippen molar-refractivity contribution in [2.75, 3.05) is 19.0 Å². The predicted molar refractivity (Wildman–Crippen MR) is 158 cm³/mol. The summed E-state index contributed by atoms with van der Waals surface area (Å²) < 4.78 is 10.9. The number of allylic oxidation sites excluding steroid dienone is 1. The molecule has 6 rings (SSSR count). The van der Waals surface area contributed by atoms with Crippen molar-refractivity contribution in [3.63, 3.8) is 0 Å². The van der Waals surface area contributed by atoms with Crippen LogP contribution in [0.4, 0.5) is 5.69 Å². The first-order chi connectivity index (χ1) is 19.6. The molecule has 0 unspecified atom stereocenters. The van der Waals surface area contributed by atoms with Crippen LogP contribution in [0.3, 0.4) is 0 Å². The highest BCUT2D eigenvalue weighted by atomic mass is 16.5. The first kappa shape index (κ1) is 25.3. The summed E-state index contributed by atoms with van der Waals surface area (Å²) in [6.45, 7) is -0.387. The van der Waals surface area contributed by atoms with E-state index in [9.17, 15) is 9.59 Å². The third-order valence-corrected chi connectivity index (χ3v) is 7.23. The van der Waals surface area contributed by atoms with Crippen LogP contribution in [0, 0.1) is 0 Å². The van der Waals surface area contributed by atoms with Crippen molar-refractivity contribution in [2.45, 2.75) is 19.3 Å². The largest absolute Gasteiger partial charge is 0.497 e. The lowest BCUT2D eigenvalue weighted by molar-refractivity contribution is -0.119. The molecule has 1 heterocycles. The Hall–Kier alpha value is -4.97. The number of amides is 1. The lowest BCUT2D eigenvalue weighted by atomic mass is 9.86. The summed E-state index contributed by atoms with van der Waals surface area (Å²) >= 11 is 0. The number of rotatable bonds is 6. The lowest BCUT2D eigenvalue weighted by Crippen LogP contribution is -2.22. The normalized spacial score (nSPS) is 13.7. The van der Waals surface area contributed by atoms with Gasteiger partial charge in [0.25, 0.3) is 5.91 Å². The fourth-order valence-corrected chi connectivity index (χ4v) is 5.33. The maximum absolute atomic E-state index is 13.6. The van der Waals surface area contributed by atoms with E-state index in [2.05, 4.69) is 11.4 Å². The van der Waals surface area contributed by atoms with Crippen LogP contribution < -0.4 is 10.1 Å². The summed E-state index contributed by atoms with van der Waals surface area (Å²) in [6.07, 6.45) is 4.56. The van der Waals surface area contributed by atoms with Crippen LogP contribution in [0.15, 0.2) is 91.0 Å². The molecule has 1 amide bonds. The van der Waals surface area contributed by atoms with Crippen molar-refractivity contribution in [2.24, 2.45) is 0 Å². The summed E-state index contributed by atoms with van der Waals surface area (Å²) in [5, 5.41) is 5.56. The number of aromatic nitrogens is 1. The Morgan fingerprint density at radius 2 is 1.62 bits per heavy atom. The molecule has 198 valence electrons. The van der Waals surface area contributed by atoms with Gasteiger partial charge in [-0.1, -0.05) is 66.7 Å². The van der Waals surface area contributed by atoms with Gasteiger partial charge in [-0.15, -0.1) is 0 Å². The van der Waals surface area contributed by atoms with Gasteiger partial charge in [0.05, 0.1) is 23.9 Å². The number of nitrogens with one attached hydrogen (secondary N) is 1. The van der Waals surface area contributed by atoms with Gasteiger partial charge in [0.15, 0.2) is 6.61 Å². The second-order valence-electron chi connectivity index (χ2n) is 9.78. The third-order valence-electron chi connectivity index (χ3n) is 7.23. The monoisotopic (exact) mass is 528 g/mol. The Labute approximate surface area is 232 Å². The Kier molecular flexibility index (Phi) is 6.98. The molecule has 40 heavy (non-hydrogen) atoms. The maximum atomic E-state index is 13.6. The van der Waals surface area contributed by atoms with Crippen LogP contribution in [0.5, 0.6) is 5.75 Å². The minimum Gasteiger partial charge on any atom is -0.497 e. The van der Waals surface area contributed by atoms with Gasteiger partial charge >= 0.3 is 5.97 Å². The van der Waals surface area contributed by atoms with Crippen LogP contribution in [-0.4, -0.2) is 30.6 Å². The highest BCUT2D eigenvalue weighted by molar-refractivity contribution is 6.08. The fourth-order valence-electron chi connectivity index (χ4n) is 5.33. The van der Waals surface area contributed by atoms with Crippen LogP contribution in [0.1, 0.15) is 40.0 Å². The van der Waals surface area contributed by atoms with E-state index in [1.807, 2.05) is 91.0 Å². The molecule has 0 fully saturated rings. The van der Waals surface area contributed by atoms with E-state index in [1.165, 1.54) is 0 Å². The van der Waals surface area contributed by atoms with Crippen molar-refractivity contribution >= 4 is 50.9 Å². The van der Waals surface area contributed by atoms with E-state index < -0.39 is 11.9 Å². The summed E-state index contributed by atoms with van der Waals surface area (Å²) in [4.78, 5) is 31.4. The molecular weight excluding hydrogens is 500 g/mol. The number of hydrogen-bond acceptors (Lipinski definition) is 5. The number of hydrogen-bond donors (Lipinski definition) is 1. The summed E-state index contributed by atoms with van der Waals surface area (Å²) in [6, 6.07) is 29.0. The zero-order valence-corrected chi connectivity index (χ0v) is 22.1. The summed E-state index contributed by atoms with van der Waals surface area (Å²) in [5.41, 5.74) is 5.67. The number of anilines is 1. The van der Waals surface area contributed by atoms with Gasteiger partial charge in [0.1, 0.15) is 5.75 Å². The molecule has 4 aromatic carbocycles. The molecule has 0 spiro atoms. The number of carbonyl (C=O) groups is 2. The molecule has 6 heteroatoms. The number of nitrogens with zero attached hydrogens (tertiary/aromatic N) is 1. The van der Waals surface area contributed by atoms with Crippen molar-refractivity contribution in [1.29, 1.82) is 0 Å². The molecule has 0 saturated carbocycles. The van der Waals surface area contributed by atoms with Gasteiger partial charge < -0.3 is 14.8 Å². The number of esters is 1. The molecular formula is C34H28N2O4. The first-order valence-corrected chi connectivity index (χ1v) is 13.3. The number of carbonyl (C=O) groups excluding carboxylic acids is 2. The van der Waals surface area contributed by atoms with Crippen LogP contribution in [0.25, 0.3) is 33.3 Å². The standard InChI is InChI=1S/C34H28N2O4/c1-39-25-18-16-22(17-19-25)20-24-10-6-13-28-32(27-12-4-5-14-30(27)36-33(24)28)34(38)40-21-31(37)35-29-15-7-9-23-8-2-3-11-26(23)29/h2-5,7-9,11-12,14-20H,6,10,13,21H2,1H3,(H,35,37)/b24-20-. The van der Waals surface area contributed by atoms with Crippen molar-refractivity contribution < 1.29 is 19.1 Å². The maximum Gasteiger partial charge on any atom is 0.339 e. The minimum atomic E-state index is -0.520. The van der Waals surface area contributed by atoms with Crippen LogP contribution in [0.2, 0.25) is 0 Å². The number of fused-ring (bicyclic) bond motifs is 3. The molecule has 0 atom stereocenters. The zero-order valence-electron chi connectivity index (χ0n) is 22.1. The Bertz CT molecular complexity index is 1770. The Morgan fingerprint density at radius 1 is 0.875 bits per heavy atom. The van der Waals surface area contributed by atoms with Crippen molar-refractivity contribution in [1.82, 2.24) is 4.98 Å². The van der Waals surface area contributed by atoms with Gasteiger partial charge in [-0.3, -0.25) is 4.79 Å².